The maximum atomic E-state index is 5.88. The predicted octanol–water partition coefficient (Wildman–Crippen LogP) is 3.14. The molecule has 0 aliphatic carbocycles. The molecular formula is C19H28N2O. The second-order valence-electron chi connectivity index (χ2n) is 7.49. The van der Waals surface area contributed by atoms with Gasteiger partial charge in [0.25, 0.3) is 0 Å². The normalized spacial score (nSPS) is 31.3. The van der Waals surface area contributed by atoms with Crippen LogP contribution in [0.4, 0.5) is 0 Å². The lowest BCUT2D eigenvalue weighted by Crippen LogP contribution is -2.54. The molecule has 0 bridgehead atoms. The molecule has 0 saturated carbocycles. The fraction of sp³-hybridized carbons (Fsp3) is 0.684. The zero-order valence-electron chi connectivity index (χ0n) is 13.8. The zero-order chi connectivity index (χ0) is 15.1. The Morgan fingerprint density at radius 3 is 3.09 bits per heavy atom. The average molecular weight is 300 g/mol. The third kappa shape index (κ3) is 2.65. The van der Waals surface area contributed by atoms with Crippen molar-refractivity contribution in [3.05, 3.63) is 29.3 Å². The summed E-state index contributed by atoms with van der Waals surface area (Å²) in [5.41, 5.74) is 3.06. The molecule has 3 aliphatic heterocycles. The van der Waals surface area contributed by atoms with E-state index >= 15 is 0 Å². The standard InChI is InChI=1S/C19H28N2O/c1-13(2)22-16-5-6-17-14(10-16)7-9-21-12-15-4-3-8-20-18(15)11-19(17)21/h5-6,10,13,15,18-20H,3-4,7-9,11-12H2,1-2H3/t15-,18+,19-/m1/s1. The molecule has 22 heavy (non-hydrogen) atoms. The van der Waals surface area contributed by atoms with E-state index in [0.717, 1.165) is 17.7 Å². The quantitative estimate of drug-likeness (QED) is 0.908. The lowest BCUT2D eigenvalue weighted by atomic mass is 9.77. The van der Waals surface area contributed by atoms with E-state index in [1.807, 2.05) is 0 Å². The lowest BCUT2D eigenvalue weighted by Gasteiger charge is -2.49. The fourth-order valence-electron chi connectivity index (χ4n) is 4.64. The summed E-state index contributed by atoms with van der Waals surface area (Å²) in [5.74, 6) is 1.90. The molecule has 3 aliphatic rings. The predicted molar refractivity (Wildman–Crippen MR) is 89.4 cm³/mol. The Hall–Kier alpha value is -1.06. The van der Waals surface area contributed by atoms with Crippen molar-refractivity contribution in [1.82, 2.24) is 10.2 Å². The van der Waals surface area contributed by atoms with Crippen molar-refractivity contribution >= 4 is 0 Å². The Bertz CT molecular complexity index is 542. The second kappa shape index (κ2) is 5.86. The molecule has 0 unspecified atom stereocenters. The first kappa shape index (κ1) is 14.5. The molecule has 1 N–H and O–H groups in total. The smallest absolute Gasteiger partial charge is 0.119 e. The number of hydrogen-bond acceptors (Lipinski definition) is 3. The summed E-state index contributed by atoms with van der Waals surface area (Å²) in [5, 5.41) is 3.77. The molecular weight excluding hydrogens is 272 g/mol. The minimum atomic E-state index is 0.250. The molecule has 3 heterocycles. The van der Waals surface area contributed by atoms with Gasteiger partial charge in [0.15, 0.2) is 0 Å². The lowest BCUT2D eigenvalue weighted by molar-refractivity contribution is 0.0551. The van der Waals surface area contributed by atoms with Crippen LogP contribution < -0.4 is 10.1 Å². The molecule has 4 rings (SSSR count). The molecule has 1 aromatic rings. The molecule has 0 spiro atoms. The minimum absolute atomic E-state index is 0.250. The van der Waals surface area contributed by atoms with Crippen LogP contribution in [0.5, 0.6) is 5.75 Å². The van der Waals surface area contributed by atoms with Gasteiger partial charge in [-0.1, -0.05) is 6.07 Å². The first-order chi connectivity index (χ1) is 10.7. The van der Waals surface area contributed by atoms with Gasteiger partial charge in [0, 0.05) is 25.2 Å². The number of ether oxygens (including phenoxy) is 1. The highest BCUT2D eigenvalue weighted by Gasteiger charge is 2.39. The highest BCUT2D eigenvalue weighted by molar-refractivity contribution is 5.40. The van der Waals surface area contributed by atoms with Crippen LogP contribution in [-0.4, -0.2) is 36.7 Å². The average Bonchev–Trinajstić information content (AvgIpc) is 2.52. The van der Waals surface area contributed by atoms with Gasteiger partial charge in [-0.15, -0.1) is 0 Å². The molecule has 3 atom stereocenters. The molecule has 2 fully saturated rings. The summed E-state index contributed by atoms with van der Waals surface area (Å²) in [4.78, 5) is 2.74. The van der Waals surface area contributed by atoms with Crippen molar-refractivity contribution < 1.29 is 4.74 Å². The summed E-state index contributed by atoms with van der Waals surface area (Å²) in [6.45, 7) is 7.90. The number of benzene rings is 1. The second-order valence-corrected chi connectivity index (χ2v) is 7.49. The van der Waals surface area contributed by atoms with E-state index in [9.17, 15) is 0 Å². The maximum Gasteiger partial charge on any atom is 0.119 e. The third-order valence-electron chi connectivity index (χ3n) is 5.63. The van der Waals surface area contributed by atoms with E-state index in [4.69, 9.17) is 4.74 Å². The minimum Gasteiger partial charge on any atom is -0.491 e. The van der Waals surface area contributed by atoms with Crippen LogP contribution in [-0.2, 0) is 6.42 Å². The highest BCUT2D eigenvalue weighted by Crippen LogP contribution is 2.41. The third-order valence-corrected chi connectivity index (χ3v) is 5.63. The molecule has 120 valence electrons. The fourth-order valence-corrected chi connectivity index (χ4v) is 4.64. The molecule has 0 amide bonds. The Kier molecular flexibility index (Phi) is 3.87. The van der Waals surface area contributed by atoms with Gasteiger partial charge >= 0.3 is 0 Å². The van der Waals surface area contributed by atoms with Crippen LogP contribution in [0.1, 0.15) is 50.3 Å². The molecule has 0 aromatic heterocycles. The van der Waals surface area contributed by atoms with Gasteiger partial charge in [-0.2, -0.15) is 0 Å². The number of rotatable bonds is 2. The summed E-state index contributed by atoms with van der Waals surface area (Å²) < 4.78 is 5.88. The molecule has 2 saturated heterocycles. The van der Waals surface area contributed by atoms with Crippen molar-refractivity contribution in [3.63, 3.8) is 0 Å². The highest BCUT2D eigenvalue weighted by atomic mass is 16.5. The Balaban J connectivity index is 1.57. The van der Waals surface area contributed by atoms with Gasteiger partial charge in [-0.05, 0) is 75.3 Å². The van der Waals surface area contributed by atoms with E-state index < -0.39 is 0 Å². The summed E-state index contributed by atoms with van der Waals surface area (Å²) in [7, 11) is 0. The van der Waals surface area contributed by atoms with E-state index in [2.05, 4.69) is 42.3 Å². The number of piperidine rings is 2. The number of nitrogens with zero attached hydrogens (tertiary/aromatic N) is 1. The van der Waals surface area contributed by atoms with Crippen LogP contribution in [0.15, 0.2) is 18.2 Å². The summed E-state index contributed by atoms with van der Waals surface area (Å²) in [6.07, 6.45) is 5.47. The van der Waals surface area contributed by atoms with Crippen LogP contribution in [0.2, 0.25) is 0 Å². The van der Waals surface area contributed by atoms with E-state index in [-0.39, 0.29) is 6.10 Å². The van der Waals surface area contributed by atoms with Crippen molar-refractivity contribution in [1.29, 1.82) is 0 Å². The first-order valence-corrected chi connectivity index (χ1v) is 8.97. The first-order valence-electron chi connectivity index (χ1n) is 8.97. The molecule has 0 radical (unpaired) electrons. The largest absolute Gasteiger partial charge is 0.491 e. The monoisotopic (exact) mass is 300 g/mol. The van der Waals surface area contributed by atoms with Crippen molar-refractivity contribution in [2.75, 3.05) is 19.6 Å². The number of fused-ring (bicyclic) bond motifs is 4. The molecule has 3 heteroatoms. The van der Waals surface area contributed by atoms with Crippen LogP contribution in [0, 0.1) is 5.92 Å². The SMILES string of the molecule is CC(C)Oc1ccc2c(c1)CCN1C[C@H]3CCCN[C@H]3C[C@H]21. The van der Waals surface area contributed by atoms with E-state index in [1.165, 1.54) is 50.9 Å². The zero-order valence-corrected chi connectivity index (χ0v) is 13.8. The molecule has 3 nitrogen and oxygen atoms in total. The van der Waals surface area contributed by atoms with Crippen LogP contribution in [0.25, 0.3) is 0 Å². The summed E-state index contributed by atoms with van der Waals surface area (Å²) >= 11 is 0. The summed E-state index contributed by atoms with van der Waals surface area (Å²) in [6, 6.07) is 8.12. The maximum absolute atomic E-state index is 5.88. The van der Waals surface area contributed by atoms with Gasteiger partial charge < -0.3 is 10.1 Å². The van der Waals surface area contributed by atoms with Gasteiger partial charge in [0.2, 0.25) is 0 Å². The van der Waals surface area contributed by atoms with E-state index in [1.54, 1.807) is 5.56 Å². The number of nitrogens with one attached hydrogen (secondary N) is 1. The van der Waals surface area contributed by atoms with Gasteiger partial charge in [-0.25, -0.2) is 0 Å². The van der Waals surface area contributed by atoms with Crippen LogP contribution in [0.3, 0.4) is 0 Å². The van der Waals surface area contributed by atoms with Gasteiger partial charge in [0.1, 0.15) is 5.75 Å². The van der Waals surface area contributed by atoms with Gasteiger partial charge in [-0.3, -0.25) is 4.90 Å². The van der Waals surface area contributed by atoms with E-state index in [0.29, 0.717) is 6.04 Å². The van der Waals surface area contributed by atoms with Crippen molar-refractivity contribution in [2.45, 2.75) is 57.7 Å². The Morgan fingerprint density at radius 2 is 2.23 bits per heavy atom. The van der Waals surface area contributed by atoms with Crippen molar-refractivity contribution in [2.24, 2.45) is 5.92 Å². The van der Waals surface area contributed by atoms with Crippen LogP contribution >= 0.6 is 0 Å². The molecule has 1 aromatic carbocycles. The van der Waals surface area contributed by atoms with Gasteiger partial charge in [0.05, 0.1) is 6.10 Å². The van der Waals surface area contributed by atoms with Crippen molar-refractivity contribution in [3.8, 4) is 5.75 Å². The Labute approximate surface area is 134 Å². The Morgan fingerprint density at radius 1 is 1.32 bits per heavy atom. The topological polar surface area (TPSA) is 24.5 Å². The number of hydrogen-bond donors (Lipinski definition) is 1.